The second-order valence-corrected chi connectivity index (χ2v) is 11.9. The Hall–Kier alpha value is -1.39. The molecule has 1 saturated carbocycles. The maximum atomic E-state index is 14.5. The van der Waals surface area contributed by atoms with E-state index in [-0.39, 0.29) is 17.6 Å². The minimum absolute atomic E-state index is 0.101. The van der Waals surface area contributed by atoms with Crippen LogP contribution in [0.1, 0.15) is 122 Å². The zero-order valence-electron chi connectivity index (χ0n) is 22.0. The van der Waals surface area contributed by atoms with Crippen molar-refractivity contribution in [3.8, 4) is 0 Å². The molecule has 5 heteroatoms. The van der Waals surface area contributed by atoms with Crippen LogP contribution < -0.4 is 11.1 Å². The molecule has 35 heavy (non-hydrogen) atoms. The zero-order chi connectivity index (χ0) is 25.3. The van der Waals surface area contributed by atoms with Crippen molar-refractivity contribution in [3.05, 3.63) is 34.9 Å². The molecule has 1 aromatic carbocycles. The maximum Gasteiger partial charge on any atom is 0.241 e. The first kappa shape index (κ1) is 28.2. The van der Waals surface area contributed by atoms with Crippen LogP contribution >= 0.6 is 11.6 Å². The quantitative estimate of drug-likeness (QED) is 0.380. The van der Waals surface area contributed by atoms with Gasteiger partial charge < -0.3 is 11.1 Å². The van der Waals surface area contributed by atoms with Gasteiger partial charge in [0.25, 0.3) is 0 Å². The van der Waals surface area contributed by atoms with E-state index in [2.05, 4.69) is 19.2 Å². The van der Waals surface area contributed by atoms with Crippen molar-refractivity contribution in [2.45, 2.75) is 128 Å². The smallest absolute Gasteiger partial charge is 0.241 e. The highest BCUT2D eigenvalue weighted by Gasteiger charge is 2.49. The SMILES string of the molecule is CCCCCCCC1(c2cccc(Cl)c2)NC(=O)C2(N)CCCCCCC(C)CCC(CC2)C1=O. The van der Waals surface area contributed by atoms with E-state index in [0.29, 0.717) is 36.6 Å². The lowest BCUT2D eigenvalue weighted by Crippen LogP contribution is -2.64. The van der Waals surface area contributed by atoms with Crippen molar-refractivity contribution in [1.82, 2.24) is 5.32 Å². The van der Waals surface area contributed by atoms with E-state index in [9.17, 15) is 9.59 Å². The fourth-order valence-corrected chi connectivity index (χ4v) is 6.32. The normalized spacial score (nSPS) is 31.0. The fraction of sp³-hybridized carbons (Fsp3) is 0.733. The molecule has 3 rings (SSSR count). The largest absolute Gasteiger partial charge is 0.338 e. The summed E-state index contributed by atoms with van der Waals surface area (Å²) in [6, 6.07) is 7.56. The first-order valence-corrected chi connectivity index (χ1v) is 14.6. The predicted molar refractivity (Wildman–Crippen MR) is 145 cm³/mol. The van der Waals surface area contributed by atoms with Crippen molar-refractivity contribution >= 4 is 23.3 Å². The molecule has 1 saturated heterocycles. The Morgan fingerprint density at radius 3 is 2.51 bits per heavy atom. The number of amides is 1. The van der Waals surface area contributed by atoms with E-state index in [1.807, 2.05) is 24.3 Å². The van der Waals surface area contributed by atoms with Crippen molar-refractivity contribution in [1.29, 1.82) is 0 Å². The zero-order valence-corrected chi connectivity index (χ0v) is 22.8. The van der Waals surface area contributed by atoms with E-state index < -0.39 is 11.1 Å². The number of halogens is 1. The van der Waals surface area contributed by atoms with Crippen LogP contribution in [0.3, 0.4) is 0 Å². The van der Waals surface area contributed by atoms with Gasteiger partial charge in [0.05, 0.1) is 5.54 Å². The highest BCUT2D eigenvalue weighted by Crippen LogP contribution is 2.40. The number of nitrogens with one attached hydrogen (secondary N) is 1. The monoisotopic (exact) mass is 502 g/mol. The Bertz CT molecular complexity index is 843. The summed E-state index contributed by atoms with van der Waals surface area (Å²) < 4.78 is 0. The number of hydrogen-bond donors (Lipinski definition) is 2. The number of rotatable bonds is 7. The second-order valence-electron chi connectivity index (χ2n) is 11.4. The maximum absolute atomic E-state index is 14.5. The lowest BCUT2D eigenvalue weighted by Gasteiger charge is -2.43. The van der Waals surface area contributed by atoms with Crippen molar-refractivity contribution in [2.75, 3.05) is 0 Å². The number of fused-ring (bicyclic) bond motifs is 3. The molecule has 4 unspecified atom stereocenters. The summed E-state index contributed by atoms with van der Waals surface area (Å²) in [5, 5.41) is 3.89. The lowest BCUT2D eigenvalue weighted by molar-refractivity contribution is -0.141. The molecule has 1 aliphatic heterocycles. The first-order chi connectivity index (χ1) is 16.8. The molecule has 196 valence electrons. The highest BCUT2D eigenvalue weighted by atomic mass is 35.5. The minimum atomic E-state index is -1.06. The molecule has 2 aliphatic rings. The average molecular weight is 503 g/mol. The summed E-state index contributed by atoms with van der Waals surface area (Å²) in [6.45, 7) is 4.52. The molecule has 2 bridgehead atoms. The number of carbonyl (C=O) groups excluding carboxylic acids is 2. The third kappa shape index (κ3) is 7.32. The second kappa shape index (κ2) is 13.2. The number of nitrogens with two attached hydrogens (primary N) is 1. The molecule has 1 aromatic rings. The van der Waals surface area contributed by atoms with Gasteiger partial charge in [0, 0.05) is 10.9 Å². The van der Waals surface area contributed by atoms with Crippen LogP contribution in [0.5, 0.6) is 0 Å². The van der Waals surface area contributed by atoms with Crippen LogP contribution in [0.25, 0.3) is 0 Å². The average Bonchev–Trinajstić information content (AvgIpc) is 2.85. The van der Waals surface area contributed by atoms with Gasteiger partial charge in [-0.1, -0.05) is 108 Å². The molecular formula is C30H47ClN2O2. The molecule has 2 fully saturated rings. The summed E-state index contributed by atoms with van der Waals surface area (Å²) >= 11 is 6.43. The number of ketones is 1. The molecule has 0 spiro atoms. The van der Waals surface area contributed by atoms with E-state index in [1.54, 1.807) is 0 Å². The number of carbonyl (C=O) groups is 2. The van der Waals surface area contributed by atoms with Crippen LogP contribution in [0.4, 0.5) is 0 Å². The van der Waals surface area contributed by atoms with Crippen LogP contribution in [-0.4, -0.2) is 17.2 Å². The number of Topliss-reactive ketones (excluding diaryl/α,β-unsaturated/α-hetero) is 1. The third-order valence-electron chi connectivity index (χ3n) is 8.56. The van der Waals surface area contributed by atoms with Crippen LogP contribution in [0, 0.1) is 11.8 Å². The van der Waals surface area contributed by atoms with E-state index >= 15 is 0 Å². The molecule has 0 aromatic heterocycles. The Balaban J connectivity index is 2.02. The first-order valence-electron chi connectivity index (χ1n) is 14.2. The standard InChI is InChI=1S/C30H47ClN2O2/c1-3-4-5-7-11-20-30(25-14-12-15-26(31)22-25)27(34)24-17-16-23(2)13-9-6-8-10-19-29(32,21-18-24)28(35)33-30/h12,14-15,22-24H,3-11,13,16-21,32H2,1-2H3,(H,33,35). The van der Waals surface area contributed by atoms with E-state index in [1.165, 1.54) is 32.1 Å². The Kier molecular flexibility index (Phi) is 10.7. The van der Waals surface area contributed by atoms with E-state index in [4.69, 9.17) is 17.3 Å². The van der Waals surface area contributed by atoms with Crippen LogP contribution in [0.15, 0.2) is 24.3 Å². The molecule has 1 amide bonds. The Morgan fingerprint density at radius 1 is 0.971 bits per heavy atom. The molecular weight excluding hydrogens is 456 g/mol. The van der Waals surface area contributed by atoms with Gasteiger partial charge in [-0.2, -0.15) is 0 Å². The van der Waals surface area contributed by atoms with Crippen molar-refractivity contribution < 1.29 is 9.59 Å². The van der Waals surface area contributed by atoms with Gasteiger partial charge >= 0.3 is 0 Å². The van der Waals surface area contributed by atoms with Gasteiger partial charge in [-0.25, -0.2) is 0 Å². The number of hydrogen-bond acceptors (Lipinski definition) is 3. The lowest BCUT2D eigenvalue weighted by atomic mass is 9.70. The van der Waals surface area contributed by atoms with Gasteiger partial charge in [-0.05, 0) is 55.7 Å². The minimum Gasteiger partial charge on any atom is -0.338 e. The summed E-state index contributed by atoms with van der Waals surface area (Å²) in [6.07, 6.45) is 15.6. The fourth-order valence-electron chi connectivity index (χ4n) is 6.13. The summed E-state index contributed by atoms with van der Waals surface area (Å²) in [5.74, 6) is 0.506. The molecule has 4 nitrogen and oxygen atoms in total. The van der Waals surface area contributed by atoms with Gasteiger partial charge in [0.15, 0.2) is 5.78 Å². The molecule has 0 radical (unpaired) electrons. The van der Waals surface area contributed by atoms with Gasteiger partial charge in [-0.3, -0.25) is 9.59 Å². The molecule has 4 atom stereocenters. The van der Waals surface area contributed by atoms with E-state index in [0.717, 1.165) is 50.5 Å². The highest BCUT2D eigenvalue weighted by molar-refractivity contribution is 6.30. The third-order valence-corrected chi connectivity index (χ3v) is 8.80. The van der Waals surface area contributed by atoms with Gasteiger partial charge in [-0.15, -0.1) is 0 Å². The topological polar surface area (TPSA) is 72.2 Å². The number of benzene rings is 1. The predicted octanol–water partition coefficient (Wildman–Crippen LogP) is 7.46. The van der Waals surface area contributed by atoms with Crippen molar-refractivity contribution in [3.63, 3.8) is 0 Å². The summed E-state index contributed by atoms with van der Waals surface area (Å²) in [5.41, 5.74) is 5.70. The van der Waals surface area contributed by atoms with Gasteiger partial charge in [0.2, 0.25) is 5.91 Å². The summed E-state index contributed by atoms with van der Waals surface area (Å²) in [4.78, 5) is 28.3. The molecule has 1 heterocycles. The Morgan fingerprint density at radius 2 is 1.74 bits per heavy atom. The van der Waals surface area contributed by atoms with Gasteiger partial charge in [0.1, 0.15) is 5.54 Å². The summed E-state index contributed by atoms with van der Waals surface area (Å²) in [7, 11) is 0. The van der Waals surface area contributed by atoms with Crippen LogP contribution in [0.2, 0.25) is 5.02 Å². The molecule has 1 aliphatic carbocycles. The van der Waals surface area contributed by atoms with Crippen LogP contribution in [-0.2, 0) is 15.1 Å². The molecule has 3 N–H and O–H groups in total. The number of unbranched alkanes of at least 4 members (excludes halogenated alkanes) is 4. The Labute approximate surface area is 218 Å². The van der Waals surface area contributed by atoms with Crippen molar-refractivity contribution in [2.24, 2.45) is 17.6 Å².